The summed E-state index contributed by atoms with van der Waals surface area (Å²) in [6.07, 6.45) is 1.67. The van der Waals surface area contributed by atoms with E-state index in [-0.39, 0.29) is 11.7 Å². The molecule has 0 saturated carbocycles. The molecule has 22 heavy (non-hydrogen) atoms. The zero-order valence-corrected chi connectivity index (χ0v) is 14.2. The Bertz CT molecular complexity index is 656. The van der Waals surface area contributed by atoms with Crippen molar-refractivity contribution >= 4 is 46.6 Å². The largest absolute Gasteiger partial charge is 0.336 e. The van der Waals surface area contributed by atoms with Crippen LogP contribution >= 0.6 is 35.0 Å². The summed E-state index contributed by atoms with van der Waals surface area (Å²) in [4.78, 5) is 11.9. The van der Waals surface area contributed by atoms with Crippen LogP contribution in [0, 0.1) is 0 Å². The first-order chi connectivity index (χ1) is 10.5. The van der Waals surface area contributed by atoms with Gasteiger partial charge in [-0.25, -0.2) is 4.68 Å². The Kier molecular flexibility index (Phi) is 5.93. The highest BCUT2D eigenvalue weighted by Gasteiger charge is 2.12. The molecule has 2 rings (SSSR count). The third-order valence-electron chi connectivity index (χ3n) is 2.69. The highest BCUT2D eigenvalue weighted by atomic mass is 35.5. The molecule has 3 N–H and O–H groups in total. The number of amides is 1. The van der Waals surface area contributed by atoms with E-state index in [9.17, 15) is 4.79 Å². The van der Waals surface area contributed by atoms with Gasteiger partial charge in [-0.1, -0.05) is 41.9 Å². The number of rotatable bonds is 6. The predicted molar refractivity (Wildman–Crippen MR) is 90.0 cm³/mol. The molecule has 9 heteroatoms. The first-order valence-corrected chi connectivity index (χ1v) is 8.32. The molecule has 2 aromatic rings. The lowest BCUT2D eigenvalue weighted by Crippen LogP contribution is -2.17. The molecular formula is C13H15Cl2N5OS. The monoisotopic (exact) mass is 359 g/mol. The summed E-state index contributed by atoms with van der Waals surface area (Å²) in [5, 5.41) is 12.1. The number of hydrogen-bond acceptors (Lipinski definition) is 5. The minimum atomic E-state index is -0.205. The standard InChI is InChI=1S/C13H15Cl2N5OS/c1-2-3-11-18-19-13(20(11)16)22-7-12(21)17-10-5-8(14)4-9(15)6-10/h4-6H,2-3,7,16H2,1H3,(H,17,21). The summed E-state index contributed by atoms with van der Waals surface area (Å²) >= 11 is 13.0. The number of anilines is 1. The molecule has 0 saturated heterocycles. The van der Waals surface area contributed by atoms with Gasteiger partial charge in [0.05, 0.1) is 5.75 Å². The van der Waals surface area contributed by atoms with Crippen molar-refractivity contribution in [2.24, 2.45) is 0 Å². The summed E-state index contributed by atoms with van der Waals surface area (Å²) in [6, 6.07) is 4.85. The number of aryl methyl sites for hydroxylation is 1. The van der Waals surface area contributed by atoms with Gasteiger partial charge in [-0.2, -0.15) is 0 Å². The van der Waals surface area contributed by atoms with Crippen LogP contribution in [0.3, 0.4) is 0 Å². The van der Waals surface area contributed by atoms with Crippen LogP contribution in [0.15, 0.2) is 23.4 Å². The zero-order chi connectivity index (χ0) is 16.1. The second-order valence-electron chi connectivity index (χ2n) is 4.51. The third-order valence-corrected chi connectivity index (χ3v) is 4.07. The minimum absolute atomic E-state index is 0.158. The summed E-state index contributed by atoms with van der Waals surface area (Å²) in [5.41, 5.74) is 0.545. The lowest BCUT2D eigenvalue weighted by molar-refractivity contribution is -0.113. The summed E-state index contributed by atoms with van der Waals surface area (Å²) < 4.78 is 1.41. The van der Waals surface area contributed by atoms with E-state index in [0.717, 1.165) is 12.8 Å². The van der Waals surface area contributed by atoms with Crippen LogP contribution in [0.5, 0.6) is 0 Å². The van der Waals surface area contributed by atoms with Crippen molar-refractivity contribution in [3.8, 4) is 0 Å². The summed E-state index contributed by atoms with van der Waals surface area (Å²) in [6.45, 7) is 2.03. The van der Waals surface area contributed by atoms with Gasteiger partial charge in [-0.05, 0) is 24.6 Å². The lowest BCUT2D eigenvalue weighted by Gasteiger charge is -2.06. The molecule has 0 spiro atoms. The molecule has 0 fully saturated rings. The van der Waals surface area contributed by atoms with Gasteiger partial charge in [0, 0.05) is 22.2 Å². The molecule has 1 aromatic heterocycles. The van der Waals surface area contributed by atoms with Gasteiger partial charge in [-0.15, -0.1) is 10.2 Å². The first-order valence-electron chi connectivity index (χ1n) is 6.57. The van der Waals surface area contributed by atoms with Gasteiger partial charge in [0.25, 0.3) is 0 Å². The van der Waals surface area contributed by atoms with Crippen LogP contribution in [-0.4, -0.2) is 26.5 Å². The van der Waals surface area contributed by atoms with Crippen molar-refractivity contribution in [3.05, 3.63) is 34.1 Å². The van der Waals surface area contributed by atoms with E-state index < -0.39 is 0 Å². The predicted octanol–water partition coefficient (Wildman–Crippen LogP) is 2.98. The van der Waals surface area contributed by atoms with Gasteiger partial charge in [-0.3, -0.25) is 4.79 Å². The fraction of sp³-hybridized carbons (Fsp3) is 0.308. The van der Waals surface area contributed by atoms with Gasteiger partial charge in [0.2, 0.25) is 11.1 Å². The molecular weight excluding hydrogens is 345 g/mol. The fourth-order valence-corrected chi connectivity index (χ4v) is 2.95. The van der Waals surface area contributed by atoms with Crippen molar-refractivity contribution in [2.45, 2.75) is 24.9 Å². The fourth-order valence-electron chi connectivity index (χ4n) is 1.75. The van der Waals surface area contributed by atoms with Gasteiger partial charge in [0.15, 0.2) is 5.82 Å². The lowest BCUT2D eigenvalue weighted by atomic mass is 10.3. The molecule has 0 aliphatic heterocycles. The number of nitrogens with one attached hydrogen (secondary N) is 1. The average molecular weight is 360 g/mol. The molecule has 1 aromatic carbocycles. The number of carbonyl (C=O) groups excluding carboxylic acids is 1. The van der Waals surface area contributed by atoms with Crippen LogP contribution < -0.4 is 11.2 Å². The highest BCUT2D eigenvalue weighted by Crippen LogP contribution is 2.23. The maximum absolute atomic E-state index is 11.9. The van der Waals surface area contributed by atoms with Gasteiger partial charge >= 0.3 is 0 Å². The molecule has 0 atom stereocenters. The molecule has 0 bridgehead atoms. The number of hydrogen-bond donors (Lipinski definition) is 2. The van der Waals surface area contributed by atoms with Crippen LogP contribution in [0.25, 0.3) is 0 Å². The summed E-state index contributed by atoms with van der Waals surface area (Å²) in [5.74, 6) is 6.53. The Balaban J connectivity index is 1.92. The Hall–Kier alpha value is -1.44. The van der Waals surface area contributed by atoms with E-state index in [1.165, 1.54) is 16.4 Å². The smallest absolute Gasteiger partial charge is 0.234 e. The number of nitrogens with zero attached hydrogens (tertiary/aromatic N) is 3. The van der Waals surface area contributed by atoms with Crippen LogP contribution in [0.1, 0.15) is 19.2 Å². The zero-order valence-electron chi connectivity index (χ0n) is 11.8. The van der Waals surface area contributed by atoms with Crippen molar-refractivity contribution in [3.63, 3.8) is 0 Å². The minimum Gasteiger partial charge on any atom is -0.336 e. The highest BCUT2D eigenvalue weighted by molar-refractivity contribution is 7.99. The van der Waals surface area contributed by atoms with Crippen molar-refractivity contribution in [2.75, 3.05) is 16.9 Å². The first kappa shape index (κ1) is 16.9. The second-order valence-corrected chi connectivity index (χ2v) is 6.33. The molecule has 118 valence electrons. The topological polar surface area (TPSA) is 85.8 Å². The number of halogens is 2. The number of nitrogens with two attached hydrogens (primary N) is 1. The number of aromatic nitrogens is 3. The average Bonchev–Trinajstić information content (AvgIpc) is 2.77. The SMILES string of the molecule is CCCc1nnc(SCC(=O)Nc2cc(Cl)cc(Cl)c2)n1N. The van der Waals surface area contributed by atoms with E-state index in [1.807, 2.05) is 6.92 Å². The second kappa shape index (κ2) is 7.71. The van der Waals surface area contributed by atoms with E-state index in [1.54, 1.807) is 18.2 Å². The van der Waals surface area contributed by atoms with E-state index in [0.29, 0.717) is 26.7 Å². The molecule has 1 amide bonds. The Morgan fingerprint density at radius 3 is 2.64 bits per heavy atom. The quantitative estimate of drug-likeness (QED) is 0.611. The van der Waals surface area contributed by atoms with E-state index >= 15 is 0 Å². The van der Waals surface area contributed by atoms with Crippen LogP contribution in [0.4, 0.5) is 5.69 Å². The maximum atomic E-state index is 11.9. The molecule has 0 unspecified atom stereocenters. The number of carbonyl (C=O) groups is 1. The van der Waals surface area contributed by atoms with Crippen molar-refractivity contribution < 1.29 is 4.79 Å². The van der Waals surface area contributed by atoms with Crippen LogP contribution in [0.2, 0.25) is 10.0 Å². The third kappa shape index (κ3) is 4.53. The van der Waals surface area contributed by atoms with Gasteiger partial charge < -0.3 is 11.2 Å². The normalized spacial score (nSPS) is 10.7. The molecule has 6 nitrogen and oxygen atoms in total. The van der Waals surface area contributed by atoms with Crippen molar-refractivity contribution in [1.82, 2.24) is 14.9 Å². The molecule has 0 radical (unpaired) electrons. The maximum Gasteiger partial charge on any atom is 0.234 e. The Morgan fingerprint density at radius 1 is 1.32 bits per heavy atom. The van der Waals surface area contributed by atoms with E-state index in [2.05, 4.69) is 15.5 Å². The molecule has 0 aliphatic rings. The molecule has 1 heterocycles. The molecule has 0 aliphatic carbocycles. The number of benzene rings is 1. The van der Waals surface area contributed by atoms with E-state index in [4.69, 9.17) is 29.0 Å². The number of nitrogen functional groups attached to an aromatic ring is 1. The Morgan fingerprint density at radius 2 is 2.00 bits per heavy atom. The van der Waals surface area contributed by atoms with Crippen molar-refractivity contribution in [1.29, 1.82) is 0 Å². The van der Waals surface area contributed by atoms with Crippen LogP contribution in [-0.2, 0) is 11.2 Å². The van der Waals surface area contributed by atoms with Gasteiger partial charge in [0.1, 0.15) is 0 Å². The summed E-state index contributed by atoms with van der Waals surface area (Å²) in [7, 11) is 0. The Labute approximate surface area is 142 Å². The number of thioether (sulfide) groups is 1.